The van der Waals surface area contributed by atoms with Crippen molar-refractivity contribution in [2.24, 2.45) is 10.8 Å². The van der Waals surface area contributed by atoms with E-state index in [2.05, 4.69) is 72.8 Å². The van der Waals surface area contributed by atoms with Gasteiger partial charge in [0.15, 0.2) is 23.1 Å². The lowest BCUT2D eigenvalue weighted by Crippen LogP contribution is -2.45. The summed E-state index contributed by atoms with van der Waals surface area (Å²) in [5.41, 5.74) is 5.54. The minimum Gasteiger partial charge on any atom is -0.490 e. The van der Waals surface area contributed by atoms with Gasteiger partial charge in [0.25, 0.3) is 0 Å². The second-order valence-electron chi connectivity index (χ2n) is 13.9. The summed E-state index contributed by atoms with van der Waals surface area (Å²) in [7, 11) is 0. The van der Waals surface area contributed by atoms with Crippen LogP contribution in [-0.4, -0.2) is 35.7 Å². The van der Waals surface area contributed by atoms with Crippen molar-refractivity contribution in [2.45, 2.75) is 92.6 Å². The zero-order valence-corrected chi connectivity index (χ0v) is 27.7. The third-order valence-corrected chi connectivity index (χ3v) is 9.10. The number of ether oxygens (including phenoxy) is 2. The fourth-order valence-corrected chi connectivity index (χ4v) is 7.46. The van der Waals surface area contributed by atoms with E-state index in [0.29, 0.717) is 30.9 Å². The van der Waals surface area contributed by atoms with Gasteiger partial charge in [-0.2, -0.15) is 0 Å². The first-order valence-corrected chi connectivity index (χ1v) is 16.1. The van der Waals surface area contributed by atoms with Gasteiger partial charge < -0.3 is 14.4 Å². The summed E-state index contributed by atoms with van der Waals surface area (Å²) in [5, 5.41) is 0. The number of hydrogen-bond acceptors (Lipinski definition) is 5. The first-order chi connectivity index (χ1) is 19.8. The van der Waals surface area contributed by atoms with Crippen molar-refractivity contribution in [3.8, 4) is 11.5 Å². The number of nitrogens with zero attached hydrogens (tertiary/aromatic N) is 1. The highest BCUT2D eigenvalue weighted by Gasteiger charge is 2.49. The minimum absolute atomic E-state index is 0.0351. The van der Waals surface area contributed by atoms with E-state index in [0.717, 1.165) is 58.4 Å². The molecule has 2 aromatic rings. The molecule has 0 radical (unpaired) electrons. The summed E-state index contributed by atoms with van der Waals surface area (Å²) in [5.74, 6) is 1.11. The predicted octanol–water partition coefficient (Wildman–Crippen LogP) is 8.56. The molecule has 0 fully saturated rings. The molecule has 6 heteroatoms. The Hall–Kier alpha value is -2.86. The SMILES string of the molecule is CCOc1cc(C2C3=C(CC(C)(C)CC3=O)N(CCc3ccccc3)C3=C2C(=O)CC(C)(C)C3)cc(Br)c1OC(C)C. The van der Waals surface area contributed by atoms with Crippen LogP contribution in [0.15, 0.2) is 69.5 Å². The van der Waals surface area contributed by atoms with E-state index < -0.39 is 5.92 Å². The Morgan fingerprint density at radius 2 is 1.48 bits per heavy atom. The Morgan fingerprint density at radius 1 is 0.905 bits per heavy atom. The van der Waals surface area contributed by atoms with E-state index in [1.807, 2.05) is 39.0 Å². The Bertz CT molecular complexity index is 1400. The Balaban J connectivity index is 1.72. The number of hydrogen-bond donors (Lipinski definition) is 0. The molecular formula is C36H44BrNO4. The third-order valence-electron chi connectivity index (χ3n) is 8.51. The second-order valence-corrected chi connectivity index (χ2v) is 14.7. The molecule has 0 unspecified atom stereocenters. The second kappa shape index (κ2) is 11.7. The highest BCUT2D eigenvalue weighted by atomic mass is 79.9. The molecule has 0 amide bonds. The molecule has 2 aromatic carbocycles. The van der Waals surface area contributed by atoms with Gasteiger partial charge in [-0.1, -0.05) is 58.0 Å². The standard InChI is InChI=1S/C36H44BrNO4/c1-8-41-30-17-24(16-25(37)34(30)42-22(2)3)31-32-26(18-35(4,5)20-28(32)39)38(15-14-23-12-10-9-11-13-23)27-19-36(6,7)21-29(40)33(27)31/h9-13,16-17,22,31H,8,14-15,18-21H2,1-7H3. The lowest BCUT2D eigenvalue weighted by molar-refractivity contribution is -0.119. The Labute approximate surface area is 259 Å². The molecule has 2 aliphatic carbocycles. The molecule has 5 rings (SSSR count). The van der Waals surface area contributed by atoms with Crippen molar-refractivity contribution in [3.63, 3.8) is 0 Å². The van der Waals surface area contributed by atoms with Gasteiger partial charge in [-0.25, -0.2) is 0 Å². The molecule has 224 valence electrons. The molecule has 0 aromatic heterocycles. The fourth-order valence-electron chi connectivity index (χ4n) is 6.90. The smallest absolute Gasteiger partial charge is 0.175 e. The van der Waals surface area contributed by atoms with E-state index >= 15 is 0 Å². The molecule has 0 bridgehead atoms. The number of allylic oxidation sites excluding steroid dienone is 4. The van der Waals surface area contributed by atoms with E-state index in [1.165, 1.54) is 5.56 Å². The highest BCUT2D eigenvalue weighted by Crippen LogP contribution is 2.55. The van der Waals surface area contributed by atoms with Gasteiger partial charge in [0, 0.05) is 47.8 Å². The average Bonchev–Trinajstić information content (AvgIpc) is 2.88. The molecule has 42 heavy (non-hydrogen) atoms. The number of ketones is 2. The molecule has 0 saturated heterocycles. The van der Waals surface area contributed by atoms with Crippen molar-refractivity contribution in [1.29, 1.82) is 0 Å². The van der Waals surface area contributed by atoms with E-state index in [-0.39, 0.29) is 28.5 Å². The lowest BCUT2D eigenvalue weighted by atomic mass is 9.63. The first-order valence-electron chi connectivity index (χ1n) is 15.3. The third kappa shape index (κ3) is 6.10. The van der Waals surface area contributed by atoms with Crippen LogP contribution in [0.2, 0.25) is 0 Å². The van der Waals surface area contributed by atoms with Gasteiger partial charge in [0.1, 0.15) is 0 Å². The van der Waals surface area contributed by atoms with Crippen LogP contribution in [0.3, 0.4) is 0 Å². The lowest BCUT2D eigenvalue weighted by Gasteiger charge is -2.49. The molecule has 1 heterocycles. The van der Waals surface area contributed by atoms with Gasteiger partial charge in [-0.05, 0) is 90.1 Å². The van der Waals surface area contributed by atoms with Crippen molar-refractivity contribution in [2.75, 3.05) is 13.2 Å². The fraction of sp³-hybridized carbons (Fsp3) is 0.500. The maximum atomic E-state index is 14.2. The number of carbonyl (C=O) groups is 2. The number of halogens is 1. The van der Waals surface area contributed by atoms with Crippen molar-refractivity contribution >= 4 is 27.5 Å². The molecular weight excluding hydrogens is 590 g/mol. The van der Waals surface area contributed by atoms with Crippen LogP contribution >= 0.6 is 15.9 Å². The van der Waals surface area contributed by atoms with Crippen molar-refractivity contribution in [1.82, 2.24) is 4.90 Å². The van der Waals surface area contributed by atoms with Gasteiger partial charge in [0.2, 0.25) is 0 Å². The van der Waals surface area contributed by atoms with Crippen molar-refractivity contribution < 1.29 is 19.1 Å². The first kappa shape index (κ1) is 30.6. The van der Waals surface area contributed by atoms with Crippen LogP contribution in [0.25, 0.3) is 0 Å². The number of rotatable bonds is 8. The van der Waals surface area contributed by atoms with Crippen LogP contribution in [0.5, 0.6) is 11.5 Å². The molecule has 0 spiro atoms. The summed E-state index contributed by atoms with van der Waals surface area (Å²) in [6, 6.07) is 14.5. The largest absolute Gasteiger partial charge is 0.490 e. The summed E-state index contributed by atoms with van der Waals surface area (Å²) in [6.07, 6.45) is 3.31. The molecule has 3 aliphatic rings. The monoisotopic (exact) mass is 633 g/mol. The molecule has 5 nitrogen and oxygen atoms in total. The van der Waals surface area contributed by atoms with E-state index in [1.54, 1.807) is 0 Å². The van der Waals surface area contributed by atoms with Crippen molar-refractivity contribution in [3.05, 3.63) is 80.6 Å². The van der Waals surface area contributed by atoms with Crippen LogP contribution < -0.4 is 9.47 Å². The summed E-state index contributed by atoms with van der Waals surface area (Å²) in [4.78, 5) is 30.7. The van der Waals surface area contributed by atoms with Crippen LogP contribution in [0.1, 0.15) is 91.2 Å². The number of carbonyl (C=O) groups excluding carboxylic acids is 2. The van der Waals surface area contributed by atoms with Crippen LogP contribution in [0.4, 0.5) is 0 Å². The maximum Gasteiger partial charge on any atom is 0.175 e. The molecule has 1 aliphatic heterocycles. The summed E-state index contributed by atoms with van der Waals surface area (Å²) in [6.45, 7) is 15.9. The Kier molecular flexibility index (Phi) is 8.50. The zero-order chi connectivity index (χ0) is 30.4. The van der Waals surface area contributed by atoms with Gasteiger partial charge in [0.05, 0.1) is 17.2 Å². The summed E-state index contributed by atoms with van der Waals surface area (Å²) >= 11 is 3.75. The zero-order valence-electron chi connectivity index (χ0n) is 26.1. The Morgan fingerprint density at radius 3 is 2.00 bits per heavy atom. The number of Topliss-reactive ketones (excluding diaryl/α,β-unsaturated/α-hetero) is 2. The predicted molar refractivity (Wildman–Crippen MR) is 171 cm³/mol. The minimum atomic E-state index is -0.432. The molecule has 0 atom stereocenters. The van der Waals surface area contributed by atoms with Gasteiger partial charge in [-0.3, -0.25) is 9.59 Å². The normalized spacial score (nSPS) is 20.2. The van der Waals surface area contributed by atoms with Gasteiger partial charge >= 0.3 is 0 Å². The van der Waals surface area contributed by atoms with Gasteiger partial charge in [-0.15, -0.1) is 0 Å². The average molecular weight is 635 g/mol. The topological polar surface area (TPSA) is 55.8 Å². The highest BCUT2D eigenvalue weighted by molar-refractivity contribution is 9.10. The van der Waals surface area contributed by atoms with Crippen LogP contribution in [0, 0.1) is 10.8 Å². The number of benzene rings is 2. The molecule has 0 N–H and O–H groups in total. The van der Waals surface area contributed by atoms with E-state index in [4.69, 9.17) is 9.47 Å². The van der Waals surface area contributed by atoms with Crippen LogP contribution in [-0.2, 0) is 16.0 Å². The quantitative estimate of drug-likeness (QED) is 0.291. The maximum absolute atomic E-state index is 14.2. The molecule has 0 saturated carbocycles. The summed E-state index contributed by atoms with van der Waals surface area (Å²) < 4.78 is 13.0. The van der Waals surface area contributed by atoms with E-state index in [9.17, 15) is 9.59 Å².